The van der Waals surface area contributed by atoms with Crippen LogP contribution in [0.2, 0.25) is 0 Å². The van der Waals surface area contributed by atoms with E-state index in [0.717, 1.165) is 10.0 Å². The standard InChI is InChI=1S/C23H15Br3N2O3/c24-18-9-6-15(7-10-18)8-11-21(29)31-22-19(25)12-16(13-20(22)26)14-27-28-23(30)17-4-2-1-3-5-17/h1-14H,(H,28,30)/b11-8+,27-14+. The molecule has 31 heavy (non-hydrogen) atoms. The van der Waals surface area contributed by atoms with Crippen LogP contribution in [0.1, 0.15) is 21.5 Å². The van der Waals surface area contributed by atoms with Crippen LogP contribution < -0.4 is 10.2 Å². The maximum atomic E-state index is 12.2. The van der Waals surface area contributed by atoms with Crippen molar-refractivity contribution >= 4 is 72.0 Å². The molecule has 0 spiro atoms. The van der Waals surface area contributed by atoms with Gasteiger partial charge in [0.1, 0.15) is 0 Å². The van der Waals surface area contributed by atoms with Crippen molar-refractivity contribution in [3.63, 3.8) is 0 Å². The maximum Gasteiger partial charge on any atom is 0.336 e. The summed E-state index contributed by atoms with van der Waals surface area (Å²) in [5, 5.41) is 3.97. The number of hydrazone groups is 1. The number of nitrogens with zero attached hydrogens (tertiary/aromatic N) is 1. The van der Waals surface area contributed by atoms with Crippen LogP contribution in [0.3, 0.4) is 0 Å². The highest BCUT2D eigenvalue weighted by molar-refractivity contribution is 9.11. The second-order valence-corrected chi connectivity index (χ2v) is 8.81. The normalized spacial score (nSPS) is 11.1. The van der Waals surface area contributed by atoms with E-state index >= 15 is 0 Å². The summed E-state index contributed by atoms with van der Waals surface area (Å²) in [4.78, 5) is 24.2. The number of benzene rings is 3. The average Bonchev–Trinajstić information content (AvgIpc) is 2.76. The minimum absolute atomic E-state index is 0.307. The van der Waals surface area contributed by atoms with Gasteiger partial charge in [0.2, 0.25) is 0 Å². The summed E-state index contributed by atoms with van der Waals surface area (Å²) >= 11 is 10.2. The monoisotopic (exact) mass is 604 g/mol. The number of carbonyl (C=O) groups is 2. The van der Waals surface area contributed by atoms with Crippen molar-refractivity contribution in [1.29, 1.82) is 0 Å². The van der Waals surface area contributed by atoms with Crippen LogP contribution in [0.4, 0.5) is 0 Å². The molecule has 0 aliphatic heterocycles. The Labute approximate surface area is 204 Å². The molecule has 156 valence electrons. The molecule has 3 aromatic rings. The SMILES string of the molecule is O=C(/C=C/c1ccc(Br)cc1)Oc1c(Br)cc(/C=N/NC(=O)c2ccccc2)cc1Br. The van der Waals surface area contributed by atoms with Crippen LogP contribution in [0, 0.1) is 0 Å². The van der Waals surface area contributed by atoms with E-state index in [-0.39, 0.29) is 5.91 Å². The fourth-order valence-corrected chi connectivity index (χ4v) is 4.09. The molecule has 1 amide bonds. The summed E-state index contributed by atoms with van der Waals surface area (Å²) in [5.41, 5.74) is 4.55. The minimum atomic E-state index is -0.513. The van der Waals surface area contributed by atoms with E-state index in [2.05, 4.69) is 58.3 Å². The second-order valence-electron chi connectivity index (χ2n) is 6.18. The second kappa shape index (κ2) is 11.2. The Morgan fingerprint density at radius 2 is 1.52 bits per heavy atom. The highest BCUT2D eigenvalue weighted by Gasteiger charge is 2.12. The molecule has 8 heteroatoms. The molecule has 0 saturated heterocycles. The van der Waals surface area contributed by atoms with Crippen molar-refractivity contribution < 1.29 is 14.3 Å². The Morgan fingerprint density at radius 3 is 2.16 bits per heavy atom. The largest absolute Gasteiger partial charge is 0.421 e. The van der Waals surface area contributed by atoms with Gasteiger partial charge in [-0.15, -0.1) is 0 Å². The summed E-state index contributed by atoms with van der Waals surface area (Å²) in [6.07, 6.45) is 4.53. The third-order valence-corrected chi connectivity index (χ3v) is 5.63. The number of esters is 1. The molecule has 5 nitrogen and oxygen atoms in total. The molecule has 3 aromatic carbocycles. The number of ether oxygens (including phenoxy) is 1. The maximum absolute atomic E-state index is 12.2. The van der Waals surface area contributed by atoms with Gasteiger partial charge in [-0.3, -0.25) is 4.79 Å². The number of nitrogens with one attached hydrogen (secondary N) is 1. The van der Waals surface area contributed by atoms with Crippen LogP contribution in [-0.4, -0.2) is 18.1 Å². The van der Waals surface area contributed by atoms with Crippen LogP contribution in [0.25, 0.3) is 6.08 Å². The van der Waals surface area contributed by atoms with Gasteiger partial charge in [-0.2, -0.15) is 5.10 Å². The lowest BCUT2D eigenvalue weighted by molar-refractivity contribution is -0.129. The summed E-state index contributed by atoms with van der Waals surface area (Å²) < 4.78 is 7.51. The molecule has 0 radical (unpaired) electrons. The number of hydrogen-bond acceptors (Lipinski definition) is 4. The van der Waals surface area contributed by atoms with Gasteiger partial charge in [0, 0.05) is 16.1 Å². The Bertz CT molecular complexity index is 1120. The van der Waals surface area contributed by atoms with Gasteiger partial charge in [-0.05, 0) is 85.5 Å². The first-order valence-corrected chi connectivity index (χ1v) is 11.3. The summed E-state index contributed by atoms with van der Waals surface area (Å²) in [6, 6.07) is 19.8. The van der Waals surface area contributed by atoms with Crippen molar-refractivity contribution in [2.75, 3.05) is 0 Å². The van der Waals surface area contributed by atoms with Crippen molar-refractivity contribution in [2.24, 2.45) is 5.10 Å². The predicted octanol–water partition coefficient (Wildman–Crippen LogP) is 6.36. The molecular formula is C23H15Br3N2O3. The van der Waals surface area contributed by atoms with Gasteiger partial charge in [0.25, 0.3) is 5.91 Å². The Kier molecular flexibility index (Phi) is 8.34. The lowest BCUT2D eigenvalue weighted by Crippen LogP contribution is -2.17. The first-order valence-electron chi connectivity index (χ1n) is 8.95. The third-order valence-electron chi connectivity index (χ3n) is 3.92. The first kappa shape index (κ1) is 23.1. The Hall–Kier alpha value is -2.55. The van der Waals surface area contributed by atoms with Crippen LogP contribution in [-0.2, 0) is 4.79 Å². The van der Waals surface area contributed by atoms with E-state index in [1.807, 2.05) is 30.3 Å². The molecule has 0 aliphatic rings. The van der Waals surface area contributed by atoms with Gasteiger partial charge < -0.3 is 4.74 Å². The fourth-order valence-electron chi connectivity index (χ4n) is 2.44. The smallest absolute Gasteiger partial charge is 0.336 e. The number of amides is 1. The minimum Gasteiger partial charge on any atom is -0.421 e. The molecule has 1 N–H and O–H groups in total. The number of carbonyl (C=O) groups excluding carboxylic acids is 2. The van der Waals surface area contributed by atoms with Crippen molar-refractivity contribution in [1.82, 2.24) is 5.43 Å². The molecule has 0 aromatic heterocycles. The van der Waals surface area contributed by atoms with E-state index in [1.54, 1.807) is 42.5 Å². The topological polar surface area (TPSA) is 67.8 Å². The lowest BCUT2D eigenvalue weighted by Gasteiger charge is -2.08. The molecule has 0 saturated carbocycles. The van der Waals surface area contributed by atoms with Gasteiger partial charge in [0.05, 0.1) is 15.2 Å². The molecule has 0 heterocycles. The van der Waals surface area contributed by atoms with E-state index in [4.69, 9.17) is 4.74 Å². The zero-order chi connectivity index (χ0) is 22.2. The van der Waals surface area contributed by atoms with Crippen molar-refractivity contribution in [2.45, 2.75) is 0 Å². The quantitative estimate of drug-likeness (QED) is 0.117. The molecule has 0 aliphatic carbocycles. The van der Waals surface area contributed by atoms with E-state index in [9.17, 15) is 9.59 Å². The highest BCUT2D eigenvalue weighted by Crippen LogP contribution is 2.34. The van der Waals surface area contributed by atoms with Gasteiger partial charge in [0.15, 0.2) is 5.75 Å². The van der Waals surface area contributed by atoms with Crippen LogP contribution in [0.15, 0.2) is 91.3 Å². The third kappa shape index (κ3) is 6.99. The van der Waals surface area contributed by atoms with Gasteiger partial charge in [-0.1, -0.05) is 46.3 Å². The van der Waals surface area contributed by atoms with E-state index < -0.39 is 5.97 Å². The van der Waals surface area contributed by atoms with E-state index in [0.29, 0.717) is 25.8 Å². The number of hydrogen-bond donors (Lipinski definition) is 1. The van der Waals surface area contributed by atoms with Crippen LogP contribution >= 0.6 is 47.8 Å². The summed E-state index contributed by atoms with van der Waals surface area (Å²) in [7, 11) is 0. The molecule has 0 atom stereocenters. The zero-order valence-corrected chi connectivity index (χ0v) is 20.6. The zero-order valence-electron chi connectivity index (χ0n) is 15.9. The van der Waals surface area contributed by atoms with Crippen molar-refractivity contribution in [3.8, 4) is 5.75 Å². The highest BCUT2D eigenvalue weighted by atomic mass is 79.9. The molecular weight excluding hydrogens is 592 g/mol. The Balaban J connectivity index is 1.63. The number of halogens is 3. The van der Waals surface area contributed by atoms with Gasteiger partial charge in [-0.25, -0.2) is 10.2 Å². The number of rotatable bonds is 6. The molecule has 3 rings (SSSR count). The Morgan fingerprint density at radius 1 is 0.871 bits per heavy atom. The molecule has 0 fully saturated rings. The molecule has 0 bridgehead atoms. The van der Waals surface area contributed by atoms with Gasteiger partial charge >= 0.3 is 5.97 Å². The van der Waals surface area contributed by atoms with Crippen LogP contribution in [0.5, 0.6) is 5.75 Å². The van der Waals surface area contributed by atoms with E-state index in [1.165, 1.54) is 12.3 Å². The van der Waals surface area contributed by atoms with Crippen molar-refractivity contribution in [3.05, 3.63) is 103 Å². The predicted molar refractivity (Wildman–Crippen MR) is 132 cm³/mol. The summed E-state index contributed by atoms with van der Waals surface area (Å²) in [6.45, 7) is 0. The fraction of sp³-hybridized carbons (Fsp3) is 0. The first-order chi connectivity index (χ1) is 14.9. The summed E-state index contributed by atoms with van der Waals surface area (Å²) in [5.74, 6) is -0.477. The lowest BCUT2D eigenvalue weighted by atomic mass is 10.2. The average molecular weight is 607 g/mol. The molecule has 0 unspecified atom stereocenters.